The summed E-state index contributed by atoms with van der Waals surface area (Å²) in [6.45, 7) is 13.8. The number of nitrogens with zero attached hydrogens (tertiary/aromatic N) is 2. The zero-order valence-corrected chi connectivity index (χ0v) is 16.0. The Labute approximate surface area is 158 Å². The molecule has 0 saturated carbocycles. The third kappa shape index (κ3) is 3.26. The van der Waals surface area contributed by atoms with Gasteiger partial charge in [0.05, 0.1) is 11.6 Å². The maximum Gasteiger partial charge on any atom is 0.272 e. The van der Waals surface area contributed by atoms with Crippen LogP contribution in [0.25, 0.3) is 4.85 Å². The first-order chi connectivity index (χ1) is 11.8. The van der Waals surface area contributed by atoms with Gasteiger partial charge in [-0.05, 0) is 42.9 Å². The van der Waals surface area contributed by atoms with Crippen LogP contribution in [0.3, 0.4) is 0 Å². The number of aliphatic imine (C=N–C) groups is 1. The monoisotopic (exact) mass is 374 g/mol. The lowest BCUT2D eigenvalue weighted by atomic mass is 9.71. The molecule has 1 aromatic carbocycles. The lowest BCUT2D eigenvalue weighted by molar-refractivity contribution is -0.117. The lowest BCUT2D eigenvalue weighted by Crippen LogP contribution is -2.36. The zero-order chi connectivity index (χ0) is 18.3. The Morgan fingerprint density at radius 2 is 2.00 bits per heavy atom. The maximum atomic E-state index is 13.0. The third-order valence-electron chi connectivity index (χ3n) is 5.26. The van der Waals surface area contributed by atoms with Crippen LogP contribution in [0.4, 0.5) is 0 Å². The number of carbonyl (C=O) groups excluding carboxylic acids is 1. The number of Topliss-reactive ketones (excluding diaryl/α,β-unsaturated/α-hetero) is 1. The van der Waals surface area contributed by atoms with Gasteiger partial charge in [0.2, 0.25) is 0 Å². The molecule has 0 bridgehead atoms. The van der Waals surface area contributed by atoms with Gasteiger partial charge in [-0.15, -0.1) is 0 Å². The van der Waals surface area contributed by atoms with Gasteiger partial charge >= 0.3 is 0 Å². The Morgan fingerprint density at radius 3 is 2.60 bits per heavy atom. The Kier molecular flexibility index (Phi) is 5.04. The number of benzene rings is 1. The van der Waals surface area contributed by atoms with E-state index in [1.54, 1.807) is 12.1 Å². The van der Waals surface area contributed by atoms with Crippen molar-refractivity contribution >= 4 is 34.7 Å². The minimum atomic E-state index is -0.503. The molecule has 1 aromatic rings. The summed E-state index contributed by atoms with van der Waals surface area (Å²) in [7, 11) is 0. The van der Waals surface area contributed by atoms with Crippen molar-refractivity contribution in [3.63, 3.8) is 0 Å². The average molecular weight is 375 g/mol. The number of carbonyl (C=O) groups is 1. The highest BCUT2D eigenvalue weighted by atomic mass is 35.5. The van der Waals surface area contributed by atoms with E-state index < -0.39 is 6.04 Å². The van der Waals surface area contributed by atoms with Crippen LogP contribution in [0, 0.1) is 18.4 Å². The molecule has 1 heterocycles. The zero-order valence-electron chi connectivity index (χ0n) is 14.5. The van der Waals surface area contributed by atoms with E-state index in [9.17, 15) is 4.79 Å². The molecule has 0 saturated heterocycles. The molecule has 0 spiro atoms. The predicted octanol–water partition coefficient (Wildman–Crippen LogP) is 5.73. The van der Waals surface area contributed by atoms with Gasteiger partial charge in [-0.1, -0.05) is 43.1 Å². The van der Waals surface area contributed by atoms with Gasteiger partial charge in [-0.25, -0.2) is 6.57 Å². The van der Waals surface area contributed by atoms with Crippen LogP contribution in [0.5, 0.6) is 0 Å². The predicted molar refractivity (Wildman–Crippen MR) is 102 cm³/mol. The molecular weight excluding hydrogens is 355 g/mol. The fourth-order valence-corrected chi connectivity index (χ4v) is 4.32. The van der Waals surface area contributed by atoms with Gasteiger partial charge < -0.3 is 4.85 Å². The number of halogens is 2. The van der Waals surface area contributed by atoms with Crippen molar-refractivity contribution in [1.29, 1.82) is 0 Å². The fourth-order valence-electron chi connectivity index (χ4n) is 3.80. The van der Waals surface area contributed by atoms with E-state index in [0.29, 0.717) is 33.9 Å². The van der Waals surface area contributed by atoms with Crippen LogP contribution in [0.2, 0.25) is 10.0 Å². The molecule has 5 heteroatoms. The lowest BCUT2D eigenvalue weighted by Gasteiger charge is -2.34. The molecule has 3 unspecified atom stereocenters. The summed E-state index contributed by atoms with van der Waals surface area (Å²) in [5.41, 5.74) is 3.04. The van der Waals surface area contributed by atoms with Gasteiger partial charge in [-0.2, -0.15) is 0 Å². The van der Waals surface area contributed by atoms with Crippen molar-refractivity contribution < 1.29 is 4.79 Å². The van der Waals surface area contributed by atoms with E-state index in [1.165, 1.54) is 0 Å². The Balaban J connectivity index is 2.16. The van der Waals surface area contributed by atoms with Gasteiger partial charge in [0.25, 0.3) is 6.04 Å². The molecule has 1 aliphatic carbocycles. The first-order valence-corrected chi connectivity index (χ1v) is 9.22. The van der Waals surface area contributed by atoms with Gasteiger partial charge in [0.15, 0.2) is 5.78 Å². The summed E-state index contributed by atoms with van der Waals surface area (Å²) in [5, 5.41) is 1.03. The highest BCUT2D eigenvalue weighted by Crippen LogP contribution is 2.45. The molecular formula is C20H20Cl2N2O. The SMILES string of the molecule is [C-]#[N+]C1C(C)=NC2=C(C(=O)CC(C(C)C)C2)C1c1ccc(Cl)cc1Cl. The molecule has 1 aliphatic heterocycles. The van der Waals surface area contributed by atoms with Crippen LogP contribution in [0.15, 0.2) is 34.5 Å². The second kappa shape index (κ2) is 6.94. The Morgan fingerprint density at radius 1 is 1.28 bits per heavy atom. The third-order valence-corrected chi connectivity index (χ3v) is 5.82. The van der Waals surface area contributed by atoms with Crippen molar-refractivity contribution in [3.8, 4) is 0 Å². The van der Waals surface area contributed by atoms with E-state index in [4.69, 9.17) is 29.8 Å². The largest absolute Gasteiger partial charge is 0.306 e. The van der Waals surface area contributed by atoms with Crippen molar-refractivity contribution in [1.82, 2.24) is 0 Å². The topological polar surface area (TPSA) is 33.8 Å². The minimum absolute atomic E-state index is 0.0980. The molecule has 0 N–H and O–H groups in total. The number of allylic oxidation sites excluding steroid dienone is 1. The van der Waals surface area contributed by atoms with E-state index in [2.05, 4.69) is 23.7 Å². The number of ketones is 1. The van der Waals surface area contributed by atoms with Crippen LogP contribution < -0.4 is 0 Å². The summed E-state index contributed by atoms with van der Waals surface area (Å²) >= 11 is 12.5. The van der Waals surface area contributed by atoms with Gasteiger partial charge in [-0.3, -0.25) is 9.79 Å². The summed E-state index contributed by atoms with van der Waals surface area (Å²) in [6.07, 6.45) is 1.29. The quantitative estimate of drug-likeness (QED) is 0.608. The molecule has 3 nitrogen and oxygen atoms in total. The molecule has 3 rings (SSSR count). The van der Waals surface area contributed by atoms with Gasteiger partial charge in [0, 0.05) is 27.7 Å². The van der Waals surface area contributed by atoms with Crippen molar-refractivity contribution in [2.24, 2.45) is 16.8 Å². The van der Waals surface area contributed by atoms with Crippen molar-refractivity contribution in [2.45, 2.75) is 45.6 Å². The standard InChI is InChI=1S/C20H20Cl2N2O/c1-10(2)12-7-16-19(17(25)8-12)18(20(23-4)11(3)24-16)14-6-5-13(21)9-15(14)22/h5-6,9-10,12,18,20H,7-8H2,1-3H3. The number of rotatable bonds is 2. The van der Waals surface area contributed by atoms with Crippen LogP contribution in [-0.2, 0) is 4.79 Å². The van der Waals surface area contributed by atoms with Crippen molar-refractivity contribution in [3.05, 3.63) is 56.5 Å². The Hall–Kier alpha value is -1.63. The first kappa shape index (κ1) is 18.2. The number of hydrogen-bond acceptors (Lipinski definition) is 2. The fraction of sp³-hybridized carbons (Fsp3) is 0.450. The molecule has 0 fully saturated rings. The first-order valence-electron chi connectivity index (χ1n) is 8.46. The van der Waals surface area contributed by atoms with Crippen LogP contribution in [-0.4, -0.2) is 17.5 Å². The smallest absolute Gasteiger partial charge is 0.272 e. The summed E-state index contributed by atoms with van der Waals surface area (Å²) in [6, 6.07) is 4.76. The molecule has 0 radical (unpaired) electrons. The number of hydrogen-bond donors (Lipinski definition) is 0. The maximum absolute atomic E-state index is 13.0. The summed E-state index contributed by atoms with van der Waals surface area (Å²) in [4.78, 5) is 21.4. The van der Waals surface area contributed by atoms with E-state index in [1.807, 2.05) is 13.0 Å². The molecule has 0 amide bonds. The molecule has 130 valence electrons. The highest BCUT2D eigenvalue weighted by molar-refractivity contribution is 6.35. The van der Waals surface area contributed by atoms with E-state index in [-0.39, 0.29) is 11.7 Å². The van der Waals surface area contributed by atoms with Crippen molar-refractivity contribution in [2.75, 3.05) is 0 Å². The summed E-state index contributed by atoms with van der Waals surface area (Å²) < 4.78 is 0. The highest BCUT2D eigenvalue weighted by Gasteiger charge is 2.45. The average Bonchev–Trinajstić information content (AvgIpc) is 2.53. The molecule has 25 heavy (non-hydrogen) atoms. The van der Waals surface area contributed by atoms with E-state index in [0.717, 1.165) is 23.4 Å². The summed E-state index contributed by atoms with van der Waals surface area (Å²) in [5.74, 6) is 0.453. The van der Waals surface area contributed by atoms with Gasteiger partial charge in [0.1, 0.15) is 0 Å². The molecule has 2 aliphatic rings. The van der Waals surface area contributed by atoms with Crippen LogP contribution >= 0.6 is 23.2 Å². The second-order valence-electron chi connectivity index (χ2n) is 7.17. The molecule has 3 atom stereocenters. The second-order valence-corrected chi connectivity index (χ2v) is 8.01. The van der Waals surface area contributed by atoms with Crippen LogP contribution in [0.1, 0.15) is 45.1 Å². The Bertz CT molecular complexity index is 833. The normalized spacial score (nSPS) is 26.4. The minimum Gasteiger partial charge on any atom is -0.306 e. The molecule has 0 aromatic heterocycles. The van der Waals surface area contributed by atoms with E-state index >= 15 is 0 Å².